The topological polar surface area (TPSA) is 42.0 Å². The molecule has 3 nitrogen and oxygen atoms in total. The quantitative estimate of drug-likeness (QED) is 0.859. The van der Waals surface area contributed by atoms with Crippen molar-refractivity contribution in [2.24, 2.45) is 5.92 Å². The van der Waals surface area contributed by atoms with Crippen molar-refractivity contribution >= 4 is 17.2 Å². The molecule has 1 amide bonds. The molecule has 0 bridgehead atoms. The Bertz CT molecular complexity index is 345. The molecule has 1 N–H and O–H groups in total. The second-order valence-corrected chi connectivity index (χ2v) is 5.60. The lowest BCUT2D eigenvalue weighted by atomic mass is 10.2. The Balaban J connectivity index is 2.43. The van der Waals surface area contributed by atoms with Crippen molar-refractivity contribution in [3.63, 3.8) is 0 Å². The standard InChI is InChI=1S/C12H20N2OS/c1-8(2)6-13-11(15)5-10-7-16-12(14-10)9(3)4/h7-9H,5-6H2,1-4H3,(H,13,15). The van der Waals surface area contributed by atoms with Crippen molar-refractivity contribution in [1.29, 1.82) is 0 Å². The zero-order valence-electron chi connectivity index (χ0n) is 10.4. The highest BCUT2D eigenvalue weighted by Gasteiger charge is 2.09. The maximum Gasteiger partial charge on any atom is 0.226 e. The first-order valence-corrected chi connectivity index (χ1v) is 6.58. The van der Waals surface area contributed by atoms with Gasteiger partial charge in [0.05, 0.1) is 17.1 Å². The Morgan fingerprint density at radius 3 is 2.62 bits per heavy atom. The molecule has 0 aliphatic rings. The fourth-order valence-electron chi connectivity index (χ4n) is 1.21. The summed E-state index contributed by atoms with van der Waals surface area (Å²) in [7, 11) is 0. The molecule has 0 spiro atoms. The predicted molar refractivity (Wildman–Crippen MR) is 67.8 cm³/mol. The lowest BCUT2D eigenvalue weighted by Crippen LogP contribution is -2.28. The summed E-state index contributed by atoms with van der Waals surface area (Å²) in [5, 5.41) is 5.97. The lowest BCUT2D eigenvalue weighted by Gasteiger charge is -2.06. The van der Waals surface area contributed by atoms with Crippen LogP contribution in [0.4, 0.5) is 0 Å². The number of carbonyl (C=O) groups excluding carboxylic acids is 1. The number of carbonyl (C=O) groups is 1. The number of hydrogen-bond acceptors (Lipinski definition) is 3. The van der Waals surface area contributed by atoms with E-state index in [-0.39, 0.29) is 5.91 Å². The second kappa shape index (κ2) is 5.99. The third-order valence-electron chi connectivity index (χ3n) is 2.11. The smallest absolute Gasteiger partial charge is 0.226 e. The Kier molecular flexibility index (Phi) is 4.93. The first-order valence-electron chi connectivity index (χ1n) is 5.70. The molecule has 1 aromatic rings. The highest BCUT2D eigenvalue weighted by molar-refractivity contribution is 7.09. The van der Waals surface area contributed by atoms with Crippen LogP contribution < -0.4 is 5.32 Å². The highest BCUT2D eigenvalue weighted by atomic mass is 32.1. The van der Waals surface area contributed by atoms with E-state index >= 15 is 0 Å². The van der Waals surface area contributed by atoms with Gasteiger partial charge in [-0.05, 0) is 5.92 Å². The van der Waals surface area contributed by atoms with Gasteiger partial charge in [-0.15, -0.1) is 11.3 Å². The number of nitrogens with zero attached hydrogens (tertiary/aromatic N) is 1. The van der Waals surface area contributed by atoms with Crippen LogP contribution >= 0.6 is 11.3 Å². The normalized spacial score (nSPS) is 11.1. The van der Waals surface area contributed by atoms with Crippen LogP contribution in [0.1, 0.15) is 44.3 Å². The van der Waals surface area contributed by atoms with Gasteiger partial charge in [0, 0.05) is 17.8 Å². The zero-order chi connectivity index (χ0) is 12.1. The maximum atomic E-state index is 11.5. The SMILES string of the molecule is CC(C)CNC(=O)Cc1csc(C(C)C)n1. The predicted octanol–water partition coefficient (Wildman–Crippen LogP) is 2.58. The molecule has 0 radical (unpaired) electrons. The molecular formula is C12H20N2OS. The molecule has 0 fully saturated rings. The van der Waals surface area contributed by atoms with Gasteiger partial charge >= 0.3 is 0 Å². The van der Waals surface area contributed by atoms with Gasteiger partial charge in [0.2, 0.25) is 5.91 Å². The maximum absolute atomic E-state index is 11.5. The molecule has 16 heavy (non-hydrogen) atoms. The van der Waals surface area contributed by atoms with Crippen molar-refractivity contribution in [3.05, 3.63) is 16.1 Å². The summed E-state index contributed by atoms with van der Waals surface area (Å²) in [6.45, 7) is 9.13. The molecule has 0 aliphatic carbocycles. The van der Waals surface area contributed by atoms with Gasteiger partial charge in [0.1, 0.15) is 0 Å². The van der Waals surface area contributed by atoms with Gasteiger partial charge in [-0.2, -0.15) is 0 Å². The summed E-state index contributed by atoms with van der Waals surface area (Å²) in [6, 6.07) is 0. The minimum absolute atomic E-state index is 0.0642. The number of thiazole rings is 1. The van der Waals surface area contributed by atoms with Crippen molar-refractivity contribution in [3.8, 4) is 0 Å². The van der Waals surface area contributed by atoms with Crippen LogP contribution in [0.3, 0.4) is 0 Å². The van der Waals surface area contributed by atoms with Crippen molar-refractivity contribution < 1.29 is 4.79 Å². The first-order chi connectivity index (χ1) is 7.49. The van der Waals surface area contributed by atoms with Crippen molar-refractivity contribution in [1.82, 2.24) is 10.3 Å². The number of nitrogens with one attached hydrogen (secondary N) is 1. The zero-order valence-corrected chi connectivity index (χ0v) is 11.2. The van der Waals surface area contributed by atoms with Crippen LogP contribution in [0.5, 0.6) is 0 Å². The number of aromatic nitrogens is 1. The third kappa shape index (κ3) is 4.31. The van der Waals surface area contributed by atoms with Crippen molar-refractivity contribution in [2.75, 3.05) is 6.54 Å². The summed E-state index contributed by atoms with van der Waals surface area (Å²) in [5.41, 5.74) is 0.884. The van der Waals surface area contributed by atoms with Gasteiger partial charge in [0.15, 0.2) is 0 Å². The van der Waals surface area contributed by atoms with Crippen LogP contribution in [0.25, 0.3) is 0 Å². The lowest BCUT2D eigenvalue weighted by molar-refractivity contribution is -0.120. The largest absolute Gasteiger partial charge is 0.356 e. The third-order valence-corrected chi connectivity index (χ3v) is 3.31. The summed E-state index contributed by atoms with van der Waals surface area (Å²) in [5.74, 6) is 0.998. The molecule has 0 saturated carbocycles. The molecule has 1 heterocycles. The molecule has 1 rings (SSSR count). The van der Waals surface area contributed by atoms with Gasteiger partial charge in [-0.3, -0.25) is 4.79 Å². The van der Waals surface area contributed by atoms with Crippen LogP contribution in [-0.4, -0.2) is 17.4 Å². The van der Waals surface area contributed by atoms with Crippen molar-refractivity contribution in [2.45, 2.75) is 40.0 Å². The van der Waals surface area contributed by atoms with Crippen LogP contribution in [0.2, 0.25) is 0 Å². The number of hydrogen-bond donors (Lipinski definition) is 1. The average Bonchev–Trinajstić information content (AvgIpc) is 2.63. The highest BCUT2D eigenvalue weighted by Crippen LogP contribution is 2.19. The van der Waals surface area contributed by atoms with E-state index in [4.69, 9.17) is 0 Å². The minimum atomic E-state index is 0.0642. The summed E-state index contributed by atoms with van der Waals surface area (Å²) >= 11 is 1.63. The van der Waals surface area contributed by atoms with Gasteiger partial charge in [-0.25, -0.2) is 4.98 Å². The molecule has 0 saturated heterocycles. The second-order valence-electron chi connectivity index (χ2n) is 4.71. The number of rotatable bonds is 5. The van der Waals surface area contributed by atoms with E-state index in [0.717, 1.165) is 17.2 Å². The summed E-state index contributed by atoms with van der Waals surface area (Å²) < 4.78 is 0. The Morgan fingerprint density at radius 2 is 2.12 bits per heavy atom. The molecule has 0 aliphatic heterocycles. The average molecular weight is 240 g/mol. The summed E-state index contributed by atoms with van der Waals surface area (Å²) in [6.07, 6.45) is 0.399. The van der Waals surface area contributed by atoms with Crippen LogP contribution in [-0.2, 0) is 11.2 Å². The van der Waals surface area contributed by atoms with Gasteiger partial charge < -0.3 is 5.32 Å². The number of amides is 1. The molecule has 0 atom stereocenters. The van der Waals surface area contributed by atoms with Gasteiger partial charge in [-0.1, -0.05) is 27.7 Å². The van der Waals surface area contributed by atoms with Crippen LogP contribution in [0, 0.1) is 5.92 Å². The van der Waals surface area contributed by atoms with E-state index in [2.05, 4.69) is 38.0 Å². The molecule has 1 aromatic heterocycles. The summed E-state index contributed by atoms with van der Waals surface area (Å²) in [4.78, 5) is 16.0. The minimum Gasteiger partial charge on any atom is -0.356 e. The fraction of sp³-hybridized carbons (Fsp3) is 0.667. The van der Waals surface area contributed by atoms with E-state index in [9.17, 15) is 4.79 Å². The van der Waals surface area contributed by atoms with Gasteiger partial charge in [0.25, 0.3) is 0 Å². The molecule has 0 aromatic carbocycles. The monoisotopic (exact) mass is 240 g/mol. The molecular weight excluding hydrogens is 220 g/mol. The molecule has 0 unspecified atom stereocenters. The first kappa shape index (κ1) is 13.2. The Labute approximate surface area is 101 Å². The van der Waals surface area contributed by atoms with Crippen LogP contribution in [0.15, 0.2) is 5.38 Å². The van der Waals surface area contributed by atoms with E-state index in [1.165, 1.54) is 0 Å². The Hall–Kier alpha value is -0.900. The fourth-order valence-corrected chi connectivity index (χ4v) is 2.05. The van der Waals surface area contributed by atoms with E-state index < -0.39 is 0 Å². The van der Waals surface area contributed by atoms with E-state index in [0.29, 0.717) is 18.3 Å². The Morgan fingerprint density at radius 1 is 1.44 bits per heavy atom. The van der Waals surface area contributed by atoms with E-state index in [1.54, 1.807) is 11.3 Å². The molecule has 90 valence electrons. The molecule has 4 heteroatoms. The van der Waals surface area contributed by atoms with E-state index in [1.807, 2.05) is 5.38 Å².